The van der Waals surface area contributed by atoms with Crippen molar-refractivity contribution < 1.29 is 14.6 Å². The van der Waals surface area contributed by atoms with Crippen LogP contribution in [0, 0.1) is 5.41 Å². The fourth-order valence-electron chi connectivity index (χ4n) is 4.76. The Bertz CT molecular complexity index is 617. The normalized spacial score (nSPS) is 23.3. The number of hydrogen-bond acceptors (Lipinski definition) is 6. The average molecular weight is 392 g/mol. The maximum absolute atomic E-state index is 10.2. The molecule has 0 aromatic heterocycles. The Hall–Kier alpha value is -1.34. The third-order valence-corrected chi connectivity index (χ3v) is 6.17. The zero-order valence-corrected chi connectivity index (χ0v) is 18.0. The number of methoxy groups -OCH3 is 1. The molecule has 1 N–H and O–H groups in total. The van der Waals surface area contributed by atoms with Gasteiger partial charge in [-0.1, -0.05) is 12.1 Å². The lowest BCUT2D eigenvalue weighted by molar-refractivity contribution is -0.0331. The van der Waals surface area contributed by atoms with E-state index in [0.717, 1.165) is 70.0 Å². The van der Waals surface area contributed by atoms with Crippen LogP contribution in [0.4, 0.5) is 0 Å². The van der Waals surface area contributed by atoms with Gasteiger partial charge in [0.2, 0.25) is 0 Å². The highest BCUT2D eigenvalue weighted by Crippen LogP contribution is 2.40. The fraction of sp³-hybridized carbons (Fsp3) is 0.727. The van der Waals surface area contributed by atoms with Crippen LogP contribution in [0.25, 0.3) is 0 Å². The van der Waals surface area contributed by atoms with Gasteiger partial charge in [0.1, 0.15) is 6.61 Å². The van der Waals surface area contributed by atoms with Crippen LogP contribution in [0.2, 0.25) is 0 Å². The van der Waals surface area contributed by atoms with Crippen molar-refractivity contribution >= 4 is 0 Å². The molecule has 158 valence electrons. The van der Waals surface area contributed by atoms with Crippen LogP contribution in [0.5, 0.6) is 11.5 Å². The summed E-state index contributed by atoms with van der Waals surface area (Å²) in [6.07, 6.45) is 3.06. The molecule has 2 aliphatic heterocycles. The summed E-state index contributed by atoms with van der Waals surface area (Å²) in [6.45, 7) is 6.44. The first-order valence-corrected chi connectivity index (χ1v) is 10.4. The molecule has 28 heavy (non-hydrogen) atoms. The molecule has 6 nitrogen and oxygen atoms in total. The molecule has 0 aliphatic carbocycles. The van der Waals surface area contributed by atoms with E-state index in [2.05, 4.69) is 41.9 Å². The van der Waals surface area contributed by atoms with Gasteiger partial charge < -0.3 is 24.4 Å². The highest BCUT2D eigenvalue weighted by molar-refractivity contribution is 5.46. The van der Waals surface area contributed by atoms with Gasteiger partial charge in [-0.25, -0.2) is 0 Å². The van der Waals surface area contributed by atoms with Crippen LogP contribution in [-0.2, 0) is 6.54 Å². The van der Waals surface area contributed by atoms with Gasteiger partial charge in [-0.05, 0) is 65.0 Å². The summed E-state index contributed by atoms with van der Waals surface area (Å²) >= 11 is 0. The van der Waals surface area contributed by atoms with Gasteiger partial charge in [0.05, 0.1) is 13.2 Å². The number of likely N-dealkylation sites (tertiary alicyclic amines) is 2. The number of β-amino-alcohol motifs (C(OH)–C–C–N with tert-alkyl or cyclic N) is 1. The number of rotatable bonds is 7. The van der Waals surface area contributed by atoms with Gasteiger partial charge in [0.15, 0.2) is 11.5 Å². The van der Waals surface area contributed by atoms with Crippen LogP contribution in [0.3, 0.4) is 0 Å². The minimum atomic E-state index is -0.180. The van der Waals surface area contributed by atoms with E-state index in [-0.39, 0.29) is 11.5 Å². The Morgan fingerprint density at radius 2 is 2.00 bits per heavy atom. The molecule has 1 unspecified atom stereocenters. The molecule has 2 saturated heterocycles. The molecule has 2 heterocycles. The zero-order chi connectivity index (χ0) is 20.1. The van der Waals surface area contributed by atoms with Crippen molar-refractivity contribution in [3.05, 3.63) is 23.8 Å². The SMILES string of the molecule is COc1cccc(CN2CCC3(CC2)CC(O)CN(C)C3)c1OCCN(C)C. The summed E-state index contributed by atoms with van der Waals surface area (Å²) < 4.78 is 11.7. The van der Waals surface area contributed by atoms with E-state index in [9.17, 15) is 5.11 Å². The Morgan fingerprint density at radius 3 is 2.64 bits per heavy atom. The van der Waals surface area contributed by atoms with Crippen molar-refractivity contribution in [2.24, 2.45) is 5.41 Å². The minimum Gasteiger partial charge on any atom is -0.493 e. The number of nitrogens with zero attached hydrogens (tertiary/aromatic N) is 3. The molecular formula is C22H37N3O3. The Balaban J connectivity index is 1.63. The van der Waals surface area contributed by atoms with Crippen LogP contribution in [-0.4, -0.2) is 93.5 Å². The molecule has 6 heteroatoms. The second-order valence-electron chi connectivity index (χ2n) is 8.93. The van der Waals surface area contributed by atoms with Gasteiger partial charge in [-0.3, -0.25) is 4.90 Å². The highest BCUT2D eigenvalue weighted by Gasteiger charge is 2.40. The van der Waals surface area contributed by atoms with Crippen molar-refractivity contribution in [2.75, 3.05) is 67.6 Å². The van der Waals surface area contributed by atoms with E-state index >= 15 is 0 Å². The van der Waals surface area contributed by atoms with Gasteiger partial charge >= 0.3 is 0 Å². The monoisotopic (exact) mass is 391 g/mol. The molecule has 0 radical (unpaired) electrons. The Kier molecular flexibility index (Phi) is 7.20. The van der Waals surface area contributed by atoms with Crippen molar-refractivity contribution in [1.82, 2.24) is 14.7 Å². The van der Waals surface area contributed by atoms with Gasteiger partial charge in [0.25, 0.3) is 0 Å². The number of piperidine rings is 2. The molecule has 0 bridgehead atoms. The van der Waals surface area contributed by atoms with Crippen LogP contribution in [0.15, 0.2) is 18.2 Å². The Morgan fingerprint density at radius 1 is 1.25 bits per heavy atom. The van der Waals surface area contributed by atoms with Crippen molar-refractivity contribution in [3.8, 4) is 11.5 Å². The third kappa shape index (κ3) is 5.38. The summed E-state index contributed by atoms with van der Waals surface area (Å²) in [6, 6.07) is 6.17. The molecule has 2 fully saturated rings. The number of hydrogen-bond donors (Lipinski definition) is 1. The molecule has 1 spiro atoms. The van der Waals surface area contributed by atoms with Crippen molar-refractivity contribution in [1.29, 1.82) is 0 Å². The fourth-order valence-corrected chi connectivity index (χ4v) is 4.76. The molecule has 2 aliphatic rings. The topological polar surface area (TPSA) is 48.4 Å². The highest BCUT2D eigenvalue weighted by atomic mass is 16.5. The Labute approximate surface area is 170 Å². The standard InChI is InChI=1S/C22H37N3O3/c1-23(2)12-13-28-21-18(6-5-7-20(21)27-4)15-25-10-8-22(9-11-25)14-19(26)16-24(3)17-22/h5-7,19,26H,8-17H2,1-4H3. The van der Waals surface area contributed by atoms with Gasteiger partial charge in [0, 0.05) is 31.7 Å². The molecule has 3 rings (SSSR count). The number of aliphatic hydroxyl groups is 1. The van der Waals surface area contributed by atoms with Crippen molar-refractivity contribution in [2.45, 2.75) is 31.9 Å². The lowest BCUT2D eigenvalue weighted by Gasteiger charge is -2.48. The second-order valence-corrected chi connectivity index (χ2v) is 8.93. The number of ether oxygens (including phenoxy) is 2. The molecule has 1 aromatic rings. The lowest BCUT2D eigenvalue weighted by Crippen LogP contribution is -2.52. The quantitative estimate of drug-likeness (QED) is 0.766. The van der Waals surface area contributed by atoms with Gasteiger partial charge in [-0.2, -0.15) is 0 Å². The average Bonchev–Trinajstić information content (AvgIpc) is 2.63. The van der Waals surface area contributed by atoms with E-state index in [1.54, 1.807) is 7.11 Å². The number of para-hydroxylation sites is 1. The molecular weight excluding hydrogens is 354 g/mol. The summed E-state index contributed by atoms with van der Waals surface area (Å²) in [7, 11) is 7.93. The van der Waals surface area contributed by atoms with E-state index in [1.807, 2.05) is 12.1 Å². The largest absolute Gasteiger partial charge is 0.493 e. The number of likely N-dealkylation sites (N-methyl/N-ethyl adjacent to an activating group) is 2. The van der Waals surface area contributed by atoms with Crippen LogP contribution >= 0.6 is 0 Å². The maximum atomic E-state index is 10.2. The zero-order valence-electron chi connectivity index (χ0n) is 18.0. The van der Waals surface area contributed by atoms with E-state index in [1.165, 1.54) is 5.56 Å². The number of aliphatic hydroxyl groups excluding tert-OH is 1. The van der Waals surface area contributed by atoms with E-state index < -0.39 is 0 Å². The van der Waals surface area contributed by atoms with Gasteiger partial charge in [-0.15, -0.1) is 0 Å². The number of benzene rings is 1. The maximum Gasteiger partial charge on any atom is 0.165 e. The first-order chi connectivity index (χ1) is 13.4. The lowest BCUT2D eigenvalue weighted by atomic mass is 9.71. The molecule has 1 atom stereocenters. The van der Waals surface area contributed by atoms with E-state index in [4.69, 9.17) is 9.47 Å². The van der Waals surface area contributed by atoms with Crippen LogP contribution < -0.4 is 9.47 Å². The van der Waals surface area contributed by atoms with Crippen molar-refractivity contribution in [3.63, 3.8) is 0 Å². The molecule has 1 aromatic carbocycles. The van der Waals surface area contributed by atoms with Crippen LogP contribution in [0.1, 0.15) is 24.8 Å². The molecule has 0 saturated carbocycles. The smallest absolute Gasteiger partial charge is 0.165 e. The summed E-state index contributed by atoms with van der Waals surface area (Å²) in [5.74, 6) is 1.68. The molecule has 0 amide bonds. The second kappa shape index (κ2) is 9.44. The minimum absolute atomic E-state index is 0.180. The first-order valence-electron chi connectivity index (χ1n) is 10.4. The summed E-state index contributed by atoms with van der Waals surface area (Å²) in [5, 5.41) is 10.2. The predicted octanol–water partition coefficient (Wildman–Crippen LogP) is 1.91. The first kappa shape index (κ1) is 21.4. The van der Waals surface area contributed by atoms with E-state index in [0.29, 0.717) is 6.61 Å². The third-order valence-electron chi connectivity index (χ3n) is 6.17. The summed E-state index contributed by atoms with van der Waals surface area (Å²) in [4.78, 5) is 6.93. The predicted molar refractivity (Wildman–Crippen MR) is 112 cm³/mol. The summed E-state index contributed by atoms with van der Waals surface area (Å²) in [5.41, 5.74) is 1.47.